The van der Waals surface area contributed by atoms with Crippen LogP contribution in [-0.4, -0.2) is 35.7 Å². The molecule has 1 saturated carbocycles. The Morgan fingerprint density at radius 2 is 2.21 bits per heavy atom. The predicted molar refractivity (Wildman–Crippen MR) is 71.4 cm³/mol. The van der Waals surface area contributed by atoms with Crippen molar-refractivity contribution in [3.63, 3.8) is 0 Å². The number of rotatable bonds is 4. The molecule has 2 N–H and O–H groups in total. The van der Waals surface area contributed by atoms with Crippen molar-refractivity contribution >= 4 is 21.6 Å². The highest BCUT2D eigenvalue weighted by atomic mass is 35.5. The molecule has 8 heteroatoms. The first-order valence-electron chi connectivity index (χ1n) is 6.26. The largest absolute Gasteiger partial charge is 0.396 e. The van der Waals surface area contributed by atoms with E-state index in [4.69, 9.17) is 11.6 Å². The maximum Gasteiger partial charge on any atom is 0.259 e. The van der Waals surface area contributed by atoms with E-state index in [2.05, 4.69) is 9.71 Å². The molecule has 0 saturated heterocycles. The zero-order valence-corrected chi connectivity index (χ0v) is 12.3. The third kappa shape index (κ3) is 3.28. The minimum atomic E-state index is -3.68. The summed E-state index contributed by atoms with van der Waals surface area (Å²) >= 11 is 5.75. The topological polar surface area (TPSA) is 84.2 Å². The second-order valence-corrected chi connectivity index (χ2v) is 6.91. The molecule has 6 nitrogen and oxygen atoms in total. The van der Waals surface area contributed by atoms with Gasteiger partial charge in [-0.2, -0.15) is 0 Å². The summed E-state index contributed by atoms with van der Waals surface area (Å²) in [5.41, 5.74) is 0. The number of nitrogens with one attached hydrogen (secondary N) is 1. The molecule has 1 heterocycles. The van der Waals surface area contributed by atoms with Crippen LogP contribution < -0.4 is 4.72 Å². The lowest BCUT2D eigenvalue weighted by atomic mass is 9.86. The van der Waals surface area contributed by atoms with Crippen LogP contribution in [0.25, 0.3) is 0 Å². The molecule has 2 rings (SSSR count). The van der Waals surface area contributed by atoms with Gasteiger partial charge < -0.3 is 9.67 Å². The second-order valence-electron chi connectivity index (χ2n) is 4.91. The van der Waals surface area contributed by atoms with Crippen molar-refractivity contribution in [3.05, 3.63) is 11.5 Å². The Morgan fingerprint density at radius 3 is 2.79 bits per heavy atom. The van der Waals surface area contributed by atoms with Gasteiger partial charge in [0.25, 0.3) is 10.0 Å². The zero-order chi connectivity index (χ0) is 14.0. The van der Waals surface area contributed by atoms with E-state index in [1.165, 1.54) is 10.8 Å². The Kier molecular flexibility index (Phi) is 4.50. The number of aromatic nitrogens is 2. The Balaban J connectivity index is 2.16. The van der Waals surface area contributed by atoms with Gasteiger partial charge in [-0.05, 0) is 30.4 Å². The summed E-state index contributed by atoms with van der Waals surface area (Å²) in [7, 11) is -2.05. The number of hydrogen-bond donors (Lipinski definition) is 2. The number of aryl methyl sites for hydroxylation is 1. The van der Waals surface area contributed by atoms with Crippen LogP contribution in [0.2, 0.25) is 5.28 Å². The molecular weight excluding hydrogens is 290 g/mol. The third-order valence-corrected chi connectivity index (χ3v) is 5.23. The lowest BCUT2D eigenvalue weighted by Crippen LogP contribution is -2.43. The van der Waals surface area contributed by atoms with Gasteiger partial charge in [-0.3, -0.25) is 0 Å². The summed E-state index contributed by atoms with van der Waals surface area (Å²) in [6, 6.07) is -0.232. The van der Waals surface area contributed by atoms with Gasteiger partial charge in [0.1, 0.15) is 0 Å². The van der Waals surface area contributed by atoms with Crippen LogP contribution in [-0.2, 0) is 17.1 Å². The van der Waals surface area contributed by atoms with Gasteiger partial charge in [-0.1, -0.05) is 12.8 Å². The summed E-state index contributed by atoms with van der Waals surface area (Å²) in [5, 5.41) is 9.35. The molecule has 1 aliphatic carbocycles. The van der Waals surface area contributed by atoms with Crippen molar-refractivity contribution in [2.24, 2.45) is 13.0 Å². The third-order valence-electron chi connectivity index (χ3n) is 3.52. The van der Waals surface area contributed by atoms with E-state index in [9.17, 15) is 13.5 Å². The first-order chi connectivity index (χ1) is 8.94. The molecule has 0 aromatic carbocycles. The lowest BCUT2D eigenvalue weighted by Gasteiger charge is -2.30. The van der Waals surface area contributed by atoms with Gasteiger partial charge in [0.15, 0.2) is 5.03 Å². The number of aliphatic hydroxyl groups is 1. The van der Waals surface area contributed by atoms with Gasteiger partial charge in [-0.25, -0.2) is 18.1 Å². The molecule has 0 radical (unpaired) electrons. The van der Waals surface area contributed by atoms with Crippen LogP contribution in [0.1, 0.15) is 25.7 Å². The van der Waals surface area contributed by atoms with E-state index in [1.807, 2.05) is 0 Å². The molecule has 0 spiro atoms. The molecule has 1 aromatic heterocycles. The minimum absolute atomic E-state index is 0.00381. The molecule has 2 unspecified atom stereocenters. The summed E-state index contributed by atoms with van der Waals surface area (Å²) in [4.78, 5) is 3.81. The van der Waals surface area contributed by atoms with Crippen LogP contribution in [0.3, 0.4) is 0 Å². The molecule has 19 heavy (non-hydrogen) atoms. The quantitative estimate of drug-likeness (QED) is 0.865. The number of hydrogen-bond acceptors (Lipinski definition) is 4. The fraction of sp³-hybridized carbons (Fsp3) is 0.727. The Morgan fingerprint density at radius 1 is 1.53 bits per heavy atom. The van der Waals surface area contributed by atoms with Crippen molar-refractivity contribution in [1.82, 2.24) is 14.3 Å². The normalized spacial score (nSPS) is 24.6. The van der Waals surface area contributed by atoms with E-state index in [1.54, 1.807) is 7.05 Å². The molecule has 1 aliphatic rings. The van der Waals surface area contributed by atoms with Gasteiger partial charge >= 0.3 is 0 Å². The number of imidazole rings is 1. The molecule has 108 valence electrons. The highest BCUT2D eigenvalue weighted by Crippen LogP contribution is 2.25. The summed E-state index contributed by atoms with van der Waals surface area (Å²) in [6.07, 6.45) is 4.95. The van der Waals surface area contributed by atoms with Crippen LogP contribution in [0.15, 0.2) is 11.2 Å². The van der Waals surface area contributed by atoms with E-state index in [0.29, 0.717) is 0 Å². The highest BCUT2D eigenvalue weighted by Gasteiger charge is 2.30. The molecule has 0 amide bonds. The van der Waals surface area contributed by atoms with E-state index < -0.39 is 10.0 Å². The van der Waals surface area contributed by atoms with Crippen LogP contribution in [0.5, 0.6) is 0 Å². The van der Waals surface area contributed by atoms with Crippen molar-refractivity contribution in [1.29, 1.82) is 0 Å². The van der Waals surface area contributed by atoms with E-state index in [0.717, 1.165) is 25.7 Å². The van der Waals surface area contributed by atoms with Gasteiger partial charge in [0.2, 0.25) is 5.28 Å². The number of aliphatic hydroxyl groups excluding tert-OH is 1. The molecule has 1 aromatic rings. The van der Waals surface area contributed by atoms with Crippen molar-refractivity contribution in [3.8, 4) is 0 Å². The fourth-order valence-electron chi connectivity index (χ4n) is 2.39. The Labute approximate surface area is 117 Å². The number of sulfonamides is 1. The van der Waals surface area contributed by atoms with Crippen LogP contribution in [0.4, 0.5) is 0 Å². The molecule has 0 bridgehead atoms. The predicted octanol–water partition coefficient (Wildman–Crippen LogP) is 0.903. The maximum absolute atomic E-state index is 12.2. The molecule has 0 aliphatic heterocycles. The first kappa shape index (κ1) is 14.8. The molecule has 2 atom stereocenters. The van der Waals surface area contributed by atoms with Gasteiger partial charge in [0.05, 0.1) is 0 Å². The smallest absolute Gasteiger partial charge is 0.259 e. The van der Waals surface area contributed by atoms with Crippen molar-refractivity contribution in [2.75, 3.05) is 6.61 Å². The van der Waals surface area contributed by atoms with Gasteiger partial charge in [-0.15, -0.1) is 0 Å². The maximum atomic E-state index is 12.2. The SMILES string of the molecule is Cn1cc(S(=O)(=O)NC2CCCCC2CO)nc1Cl. The average molecular weight is 308 g/mol. The summed E-state index contributed by atoms with van der Waals surface area (Å²) in [6.45, 7) is -0.00381. The highest BCUT2D eigenvalue weighted by molar-refractivity contribution is 7.89. The van der Waals surface area contributed by atoms with E-state index >= 15 is 0 Å². The monoisotopic (exact) mass is 307 g/mol. The molecule has 1 fully saturated rings. The summed E-state index contributed by atoms with van der Waals surface area (Å²) < 4.78 is 28.5. The van der Waals surface area contributed by atoms with E-state index in [-0.39, 0.29) is 28.9 Å². The Hall–Kier alpha value is -0.630. The summed E-state index contributed by atoms with van der Waals surface area (Å²) in [5.74, 6) is -0.0253. The van der Waals surface area contributed by atoms with Crippen molar-refractivity contribution in [2.45, 2.75) is 36.8 Å². The number of halogens is 1. The van der Waals surface area contributed by atoms with Crippen LogP contribution >= 0.6 is 11.6 Å². The standard InChI is InChI=1S/C11H18ClN3O3S/c1-15-6-10(13-11(15)12)19(17,18)14-9-5-3-2-4-8(9)7-16/h6,8-9,14,16H,2-5,7H2,1H3. The Bertz CT molecular complexity index is 524. The zero-order valence-electron chi connectivity index (χ0n) is 10.7. The lowest BCUT2D eigenvalue weighted by molar-refractivity contribution is 0.164. The average Bonchev–Trinajstić information content (AvgIpc) is 2.71. The molecular formula is C11H18ClN3O3S. The van der Waals surface area contributed by atoms with Crippen molar-refractivity contribution < 1.29 is 13.5 Å². The second kappa shape index (κ2) is 5.78. The van der Waals surface area contributed by atoms with Crippen LogP contribution in [0, 0.1) is 5.92 Å². The fourth-order valence-corrected chi connectivity index (χ4v) is 3.91. The minimum Gasteiger partial charge on any atom is -0.396 e. The van der Waals surface area contributed by atoms with Gasteiger partial charge in [0, 0.05) is 25.9 Å². The first-order valence-corrected chi connectivity index (χ1v) is 8.12. The number of nitrogens with zero attached hydrogens (tertiary/aromatic N) is 2.